The van der Waals surface area contributed by atoms with E-state index in [0.29, 0.717) is 5.56 Å². The van der Waals surface area contributed by atoms with E-state index in [1.165, 1.54) is 18.5 Å². The number of phenols is 1. The number of carbonyl (C=O) groups excluding carboxylic acids is 2. The molecular formula is C15H15N3O4. The highest BCUT2D eigenvalue weighted by molar-refractivity contribution is 5.94. The first kappa shape index (κ1) is 15.3. The summed E-state index contributed by atoms with van der Waals surface area (Å²) in [5, 5.41) is 15.7. The lowest BCUT2D eigenvalue weighted by molar-refractivity contribution is -0.120. The molecule has 0 aliphatic rings. The Morgan fingerprint density at radius 2 is 2.18 bits per heavy atom. The number of nitrogens with zero attached hydrogens (tertiary/aromatic N) is 1. The van der Waals surface area contributed by atoms with Gasteiger partial charge in [-0.3, -0.25) is 9.59 Å². The van der Waals surface area contributed by atoms with E-state index in [0.717, 1.165) is 5.56 Å². The molecule has 0 bridgehead atoms. The number of nitrogens with one attached hydrogen (secondary N) is 2. The zero-order chi connectivity index (χ0) is 15.9. The number of aromatic hydroxyl groups is 1. The average Bonchev–Trinajstić information content (AvgIpc) is 3.02. The Bertz CT molecular complexity index is 693. The van der Waals surface area contributed by atoms with Crippen molar-refractivity contribution in [3.05, 3.63) is 53.5 Å². The molecule has 7 nitrogen and oxygen atoms in total. The maximum atomic E-state index is 11.5. The third kappa shape index (κ3) is 4.20. The molecule has 3 N–H and O–H groups in total. The first-order chi connectivity index (χ1) is 10.6. The molecule has 0 radical (unpaired) electrons. The van der Waals surface area contributed by atoms with Crippen molar-refractivity contribution in [1.29, 1.82) is 0 Å². The summed E-state index contributed by atoms with van der Waals surface area (Å²) in [6, 6.07) is 8.10. The summed E-state index contributed by atoms with van der Waals surface area (Å²) in [7, 11) is 0. The van der Waals surface area contributed by atoms with E-state index >= 15 is 0 Å². The molecule has 2 amide bonds. The van der Waals surface area contributed by atoms with Crippen LogP contribution in [0.3, 0.4) is 0 Å². The monoisotopic (exact) mass is 301 g/mol. The molecule has 0 aliphatic heterocycles. The summed E-state index contributed by atoms with van der Waals surface area (Å²) >= 11 is 0. The Morgan fingerprint density at radius 3 is 2.91 bits per heavy atom. The van der Waals surface area contributed by atoms with Gasteiger partial charge in [-0.15, -0.1) is 0 Å². The third-order valence-corrected chi connectivity index (χ3v) is 2.73. The number of phenolic OH excluding ortho intramolecular Hbond substituents is 1. The third-order valence-electron chi connectivity index (χ3n) is 2.73. The number of hydrazone groups is 1. The van der Waals surface area contributed by atoms with E-state index in [2.05, 4.69) is 15.8 Å². The van der Waals surface area contributed by atoms with Crippen LogP contribution in [0.2, 0.25) is 0 Å². The van der Waals surface area contributed by atoms with E-state index < -0.39 is 11.8 Å². The van der Waals surface area contributed by atoms with Gasteiger partial charge in [-0.25, -0.2) is 5.43 Å². The van der Waals surface area contributed by atoms with Gasteiger partial charge in [0.2, 0.25) is 0 Å². The molecule has 0 saturated heterocycles. The van der Waals surface area contributed by atoms with Crippen molar-refractivity contribution in [3.63, 3.8) is 0 Å². The average molecular weight is 301 g/mol. The largest absolute Gasteiger partial charge is 0.507 e. The van der Waals surface area contributed by atoms with Gasteiger partial charge in [-0.2, -0.15) is 5.10 Å². The molecule has 22 heavy (non-hydrogen) atoms. The van der Waals surface area contributed by atoms with Crippen LogP contribution in [0.1, 0.15) is 21.7 Å². The smallest absolute Gasteiger partial charge is 0.287 e. The predicted molar refractivity (Wildman–Crippen MR) is 79.6 cm³/mol. The van der Waals surface area contributed by atoms with Crippen molar-refractivity contribution >= 4 is 18.0 Å². The molecule has 114 valence electrons. The van der Waals surface area contributed by atoms with Crippen LogP contribution in [-0.2, 0) is 4.79 Å². The minimum atomic E-state index is -0.497. The first-order valence-corrected chi connectivity index (χ1v) is 6.49. The number of benzene rings is 1. The van der Waals surface area contributed by atoms with Gasteiger partial charge in [0.05, 0.1) is 19.0 Å². The molecule has 0 fully saturated rings. The molecule has 1 heterocycles. The minimum Gasteiger partial charge on any atom is -0.507 e. The molecule has 2 aromatic rings. The van der Waals surface area contributed by atoms with Crippen molar-refractivity contribution in [1.82, 2.24) is 10.7 Å². The fourth-order valence-electron chi connectivity index (χ4n) is 1.65. The predicted octanol–water partition coefficient (Wildman–Crippen LogP) is 1.17. The van der Waals surface area contributed by atoms with E-state index in [1.54, 1.807) is 24.3 Å². The SMILES string of the molecule is Cc1ccc(O)c(/C=N\NC(=O)CNC(=O)c2ccco2)c1. The number of carbonyl (C=O) groups is 2. The molecule has 2 rings (SSSR count). The number of amides is 2. The molecule has 0 spiro atoms. The lowest BCUT2D eigenvalue weighted by atomic mass is 10.1. The van der Waals surface area contributed by atoms with E-state index in [-0.39, 0.29) is 18.1 Å². The van der Waals surface area contributed by atoms with Crippen LogP contribution in [0.5, 0.6) is 5.75 Å². The van der Waals surface area contributed by atoms with E-state index in [1.807, 2.05) is 6.92 Å². The van der Waals surface area contributed by atoms with Crippen molar-refractivity contribution in [2.45, 2.75) is 6.92 Å². The summed E-state index contributed by atoms with van der Waals surface area (Å²) in [4.78, 5) is 23.1. The van der Waals surface area contributed by atoms with Crippen molar-refractivity contribution < 1.29 is 19.1 Å². The summed E-state index contributed by atoms with van der Waals surface area (Å²) < 4.78 is 4.89. The van der Waals surface area contributed by atoms with Gasteiger partial charge in [0, 0.05) is 5.56 Å². The zero-order valence-corrected chi connectivity index (χ0v) is 11.9. The highest BCUT2D eigenvalue weighted by Gasteiger charge is 2.09. The standard InChI is InChI=1S/C15H15N3O4/c1-10-4-5-12(19)11(7-10)8-17-18-14(20)9-16-15(21)13-3-2-6-22-13/h2-8,19H,9H2,1H3,(H,16,21)(H,18,20)/b17-8-. The van der Waals surface area contributed by atoms with Crippen LogP contribution in [0.4, 0.5) is 0 Å². The number of aryl methyl sites for hydroxylation is 1. The maximum absolute atomic E-state index is 11.5. The van der Waals surface area contributed by atoms with Gasteiger partial charge in [0.1, 0.15) is 5.75 Å². The maximum Gasteiger partial charge on any atom is 0.287 e. The van der Waals surface area contributed by atoms with Crippen LogP contribution in [0.15, 0.2) is 46.1 Å². The van der Waals surface area contributed by atoms with Crippen LogP contribution in [0, 0.1) is 6.92 Å². The summed E-state index contributed by atoms with van der Waals surface area (Å²) in [6.45, 7) is 1.64. The zero-order valence-electron chi connectivity index (χ0n) is 11.9. The highest BCUT2D eigenvalue weighted by Crippen LogP contribution is 2.15. The number of furan rings is 1. The molecule has 7 heteroatoms. The second kappa shape index (κ2) is 7.07. The fraction of sp³-hybridized carbons (Fsp3) is 0.133. The Labute approximate surface area is 126 Å². The van der Waals surface area contributed by atoms with Gasteiger partial charge in [-0.05, 0) is 31.2 Å². The summed E-state index contributed by atoms with van der Waals surface area (Å²) in [6.07, 6.45) is 2.70. The fourth-order valence-corrected chi connectivity index (χ4v) is 1.65. The molecule has 0 atom stereocenters. The second-order valence-electron chi connectivity index (χ2n) is 4.52. The summed E-state index contributed by atoms with van der Waals surface area (Å²) in [5.41, 5.74) is 3.69. The van der Waals surface area contributed by atoms with Crippen LogP contribution in [0.25, 0.3) is 0 Å². The van der Waals surface area contributed by atoms with E-state index in [4.69, 9.17) is 4.42 Å². The minimum absolute atomic E-state index is 0.0646. The van der Waals surface area contributed by atoms with Gasteiger partial charge in [0.15, 0.2) is 5.76 Å². The van der Waals surface area contributed by atoms with Crippen molar-refractivity contribution in [2.24, 2.45) is 5.10 Å². The Kier molecular flexibility index (Phi) is 4.92. The van der Waals surface area contributed by atoms with Gasteiger partial charge >= 0.3 is 0 Å². The topological polar surface area (TPSA) is 104 Å². The Morgan fingerprint density at radius 1 is 1.36 bits per heavy atom. The van der Waals surface area contributed by atoms with Gasteiger partial charge in [-0.1, -0.05) is 11.6 Å². The molecule has 0 unspecified atom stereocenters. The van der Waals surface area contributed by atoms with Crippen molar-refractivity contribution in [3.8, 4) is 5.75 Å². The number of rotatable bonds is 5. The second-order valence-corrected chi connectivity index (χ2v) is 4.52. The van der Waals surface area contributed by atoms with Crippen LogP contribution < -0.4 is 10.7 Å². The Hall–Kier alpha value is -3.09. The molecule has 0 saturated carbocycles. The Balaban J connectivity index is 1.81. The molecular weight excluding hydrogens is 286 g/mol. The quantitative estimate of drug-likeness (QED) is 0.569. The van der Waals surface area contributed by atoms with Crippen molar-refractivity contribution in [2.75, 3.05) is 6.54 Å². The molecule has 1 aromatic heterocycles. The lowest BCUT2D eigenvalue weighted by Crippen LogP contribution is -2.34. The van der Waals surface area contributed by atoms with E-state index in [9.17, 15) is 14.7 Å². The van der Waals surface area contributed by atoms with Crippen LogP contribution >= 0.6 is 0 Å². The first-order valence-electron chi connectivity index (χ1n) is 6.49. The normalized spacial score (nSPS) is 10.6. The number of hydrogen-bond acceptors (Lipinski definition) is 5. The highest BCUT2D eigenvalue weighted by atomic mass is 16.3. The number of hydrogen-bond donors (Lipinski definition) is 3. The van der Waals surface area contributed by atoms with Gasteiger partial charge in [0.25, 0.3) is 11.8 Å². The lowest BCUT2D eigenvalue weighted by Gasteiger charge is -2.02. The summed E-state index contributed by atoms with van der Waals surface area (Å²) in [5.74, 6) is -0.792. The molecule has 1 aromatic carbocycles. The van der Waals surface area contributed by atoms with Gasteiger partial charge < -0.3 is 14.8 Å². The van der Waals surface area contributed by atoms with Crippen LogP contribution in [-0.4, -0.2) is 29.7 Å². The molecule has 0 aliphatic carbocycles.